The topological polar surface area (TPSA) is 23.1 Å². The Morgan fingerprint density at radius 3 is 2.47 bits per heavy atom. The van der Waals surface area contributed by atoms with Crippen LogP contribution in [-0.4, -0.2) is 0 Å². The van der Waals surface area contributed by atoms with Gasteiger partial charge in [-0.05, 0) is 30.9 Å². The van der Waals surface area contributed by atoms with E-state index in [4.69, 9.17) is 11.6 Å². The van der Waals surface area contributed by atoms with Crippen LogP contribution in [0.15, 0.2) is 18.2 Å². The standard InChI is InChI=1S/C12H15ClO.Na/c13-10-6-7-12(14)11(8-10)9-4-2-1-3-5-9;/h6-9,14H,1-5H2;/q;+1/p-1. The van der Waals surface area contributed by atoms with Crippen molar-refractivity contribution in [3.8, 4) is 5.75 Å². The van der Waals surface area contributed by atoms with Crippen LogP contribution in [-0.2, 0) is 0 Å². The summed E-state index contributed by atoms with van der Waals surface area (Å²) < 4.78 is 0. The van der Waals surface area contributed by atoms with Gasteiger partial charge in [-0.3, -0.25) is 0 Å². The first-order valence-electron chi connectivity index (χ1n) is 5.24. The number of halogens is 1. The predicted molar refractivity (Wildman–Crippen MR) is 56.7 cm³/mol. The van der Waals surface area contributed by atoms with Gasteiger partial charge in [0.1, 0.15) is 0 Å². The van der Waals surface area contributed by atoms with Crippen molar-refractivity contribution in [3.63, 3.8) is 0 Å². The molecule has 0 spiro atoms. The molecule has 0 atom stereocenters. The van der Waals surface area contributed by atoms with Gasteiger partial charge >= 0.3 is 29.6 Å². The van der Waals surface area contributed by atoms with Crippen molar-refractivity contribution in [3.05, 3.63) is 28.8 Å². The van der Waals surface area contributed by atoms with Crippen molar-refractivity contribution in [2.45, 2.75) is 38.0 Å². The summed E-state index contributed by atoms with van der Waals surface area (Å²) in [6, 6.07) is 5.11. The second-order valence-electron chi connectivity index (χ2n) is 4.02. The van der Waals surface area contributed by atoms with Gasteiger partial charge in [0.15, 0.2) is 0 Å². The molecule has 0 aliphatic heterocycles. The normalized spacial score (nSPS) is 17.1. The van der Waals surface area contributed by atoms with Crippen molar-refractivity contribution >= 4 is 11.6 Å². The molecule has 1 aliphatic rings. The molecule has 1 aromatic carbocycles. The van der Waals surface area contributed by atoms with E-state index in [1.165, 1.54) is 19.3 Å². The quantitative estimate of drug-likeness (QED) is 0.646. The van der Waals surface area contributed by atoms with Gasteiger partial charge in [-0.2, -0.15) is 0 Å². The fourth-order valence-corrected chi connectivity index (χ4v) is 2.43. The Balaban J connectivity index is 0.00000112. The third-order valence-corrected chi connectivity index (χ3v) is 3.25. The smallest absolute Gasteiger partial charge is 0.872 e. The molecule has 0 radical (unpaired) electrons. The maximum absolute atomic E-state index is 11.6. The molecule has 15 heavy (non-hydrogen) atoms. The molecule has 0 heterocycles. The van der Waals surface area contributed by atoms with Crippen LogP contribution < -0.4 is 34.7 Å². The Bertz CT molecular complexity index is 321. The minimum Gasteiger partial charge on any atom is -0.872 e. The second-order valence-corrected chi connectivity index (χ2v) is 4.45. The van der Waals surface area contributed by atoms with Crippen molar-refractivity contribution in [1.29, 1.82) is 0 Å². The largest absolute Gasteiger partial charge is 1.00 e. The minimum atomic E-state index is 0. The van der Waals surface area contributed by atoms with Gasteiger partial charge in [0.25, 0.3) is 0 Å². The molecule has 0 saturated heterocycles. The van der Waals surface area contributed by atoms with E-state index in [0.29, 0.717) is 10.9 Å². The van der Waals surface area contributed by atoms with E-state index in [-0.39, 0.29) is 35.3 Å². The van der Waals surface area contributed by atoms with Gasteiger partial charge in [-0.1, -0.05) is 42.5 Å². The number of hydrogen-bond donors (Lipinski definition) is 0. The summed E-state index contributed by atoms with van der Waals surface area (Å²) in [5.74, 6) is 0.608. The molecule has 1 saturated carbocycles. The Hall–Kier alpha value is 0.310. The molecular weight excluding hydrogens is 219 g/mol. The molecule has 1 fully saturated rings. The summed E-state index contributed by atoms with van der Waals surface area (Å²) in [6.07, 6.45) is 6.10. The van der Waals surface area contributed by atoms with E-state index in [1.54, 1.807) is 12.1 Å². The molecule has 1 aliphatic carbocycles. The van der Waals surface area contributed by atoms with Gasteiger partial charge in [-0.25, -0.2) is 0 Å². The van der Waals surface area contributed by atoms with E-state index < -0.39 is 0 Å². The fraction of sp³-hybridized carbons (Fsp3) is 0.500. The molecule has 0 amide bonds. The summed E-state index contributed by atoms with van der Waals surface area (Å²) >= 11 is 5.90. The Kier molecular flexibility index (Phi) is 5.48. The summed E-state index contributed by atoms with van der Waals surface area (Å²) in [6.45, 7) is 0. The van der Waals surface area contributed by atoms with Crippen molar-refractivity contribution in [2.24, 2.45) is 0 Å². The molecule has 76 valence electrons. The predicted octanol–water partition coefficient (Wildman–Crippen LogP) is 0.465. The van der Waals surface area contributed by atoms with Crippen LogP contribution >= 0.6 is 11.6 Å². The van der Waals surface area contributed by atoms with Crippen LogP contribution in [0, 0.1) is 0 Å². The summed E-state index contributed by atoms with van der Waals surface area (Å²) in [7, 11) is 0. The van der Waals surface area contributed by atoms with Gasteiger partial charge in [0.05, 0.1) is 0 Å². The third-order valence-electron chi connectivity index (χ3n) is 3.02. The van der Waals surface area contributed by atoms with Gasteiger partial charge in [0.2, 0.25) is 0 Å². The van der Waals surface area contributed by atoms with Crippen LogP contribution in [0.3, 0.4) is 0 Å². The summed E-state index contributed by atoms with van der Waals surface area (Å²) in [4.78, 5) is 0. The van der Waals surface area contributed by atoms with E-state index in [0.717, 1.165) is 18.4 Å². The number of hydrogen-bond acceptors (Lipinski definition) is 1. The van der Waals surface area contributed by atoms with Crippen LogP contribution in [0.4, 0.5) is 0 Å². The van der Waals surface area contributed by atoms with Crippen LogP contribution in [0.25, 0.3) is 0 Å². The Morgan fingerprint density at radius 2 is 1.80 bits per heavy atom. The summed E-state index contributed by atoms with van der Waals surface area (Å²) in [5, 5.41) is 12.3. The Labute approximate surface area is 118 Å². The molecule has 1 aromatic rings. The fourth-order valence-electron chi connectivity index (χ4n) is 2.25. The average molecular weight is 233 g/mol. The molecule has 1 nitrogen and oxygen atoms in total. The zero-order valence-corrected chi connectivity index (χ0v) is 11.9. The minimum absolute atomic E-state index is 0. The maximum atomic E-state index is 11.6. The second kappa shape index (κ2) is 6.15. The average Bonchev–Trinajstić information content (AvgIpc) is 2.23. The van der Waals surface area contributed by atoms with Gasteiger partial charge < -0.3 is 5.11 Å². The van der Waals surface area contributed by atoms with Crippen molar-refractivity contribution in [2.75, 3.05) is 0 Å². The van der Waals surface area contributed by atoms with E-state index in [1.807, 2.05) is 6.07 Å². The monoisotopic (exact) mass is 232 g/mol. The van der Waals surface area contributed by atoms with Crippen LogP contribution in [0.5, 0.6) is 5.75 Å². The first-order chi connectivity index (χ1) is 6.77. The molecule has 0 unspecified atom stereocenters. The number of benzene rings is 1. The third kappa shape index (κ3) is 3.39. The van der Waals surface area contributed by atoms with E-state index in [9.17, 15) is 5.11 Å². The first kappa shape index (κ1) is 13.4. The maximum Gasteiger partial charge on any atom is 1.00 e. The first-order valence-corrected chi connectivity index (χ1v) is 5.61. The van der Waals surface area contributed by atoms with E-state index >= 15 is 0 Å². The van der Waals surface area contributed by atoms with Crippen molar-refractivity contribution < 1.29 is 34.7 Å². The molecular formula is C12H14ClNaO. The molecule has 0 aromatic heterocycles. The zero-order valence-electron chi connectivity index (χ0n) is 9.13. The van der Waals surface area contributed by atoms with E-state index in [2.05, 4.69) is 0 Å². The van der Waals surface area contributed by atoms with Gasteiger partial charge in [0, 0.05) is 5.02 Å². The van der Waals surface area contributed by atoms with Crippen LogP contribution in [0.1, 0.15) is 43.6 Å². The summed E-state index contributed by atoms with van der Waals surface area (Å²) in [5.41, 5.74) is 0.928. The van der Waals surface area contributed by atoms with Gasteiger partial charge in [-0.15, -0.1) is 5.75 Å². The molecule has 3 heteroatoms. The SMILES string of the molecule is [Na+].[O-]c1ccc(Cl)cc1C1CCCCC1. The number of rotatable bonds is 1. The van der Waals surface area contributed by atoms with Crippen molar-refractivity contribution in [1.82, 2.24) is 0 Å². The molecule has 2 rings (SSSR count). The molecule has 0 N–H and O–H groups in total. The molecule has 0 bridgehead atoms. The Morgan fingerprint density at radius 1 is 1.13 bits per heavy atom. The zero-order chi connectivity index (χ0) is 9.97. The van der Waals surface area contributed by atoms with Crippen LogP contribution in [0.2, 0.25) is 5.02 Å².